The zero-order valence-corrected chi connectivity index (χ0v) is 7.64. The van der Waals surface area contributed by atoms with Crippen LogP contribution in [-0.2, 0) is 9.47 Å². The lowest BCUT2D eigenvalue weighted by atomic mass is 9.92. The first-order valence-corrected chi connectivity index (χ1v) is 4.64. The van der Waals surface area contributed by atoms with Gasteiger partial charge in [0.05, 0.1) is 24.9 Å². The molecule has 13 heavy (non-hydrogen) atoms. The number of rotatable bonds is 1. The van der Waals surface area contributed by atoms with Crippen molar-refractivity contribution < 1.29 is 14.6 Å². The van der Waals surface area contributed by atoms with Gasteiger partial charge in [-0.05, 0) is 0 Å². The largest absolute Gasteiger partial charge is 0.394 e. The van der Waals surface area contributed by atoms with E-state index in [1.165, 1.54) is 0 Å². The number of aliphatic hydroxyl groups excluding tert-OH is 1. The van der Waals surface area contributed by atoms with Gasteiger partial charge >= 0.3 is 0 Å². The van der Waals surface area contributed by atoms with Crippen molar-refractivity contribution in [1.29, 1.82) is 0 Å². The van der Waals surface area contributed by atoms with Crippen molar-refractivity contribution in [2.45, 2.75) is 37.8 Å². The fraction of sp³-hybridized carbons (Fsp3) is 0.800. The topological polar surface area (TPSA) is 38.7 Å². The Morgan fingerprint density at radius 1 is 1.46 bits per heavy atom. The maximum absolute atomic E-state index is 9.05. The van der Waals surface area contributed by atoms with Crippen molar-refractivity contribution in [3.05, 3.63) is 0 Å². The third-order valence-electron chi connectivity index (χ3n) is 2.99. The van der Waals surface area contributed by atoms with Crippen LogP contribution in [0.4, 0.5) is 0 Å². The molecule has 0 spiro atoms. The van der Waals surface area contributed by atoms with E-state index in [0.29, 0.717) is 0 Å². The highest BCUT2D eigenvalue weighted by Crippen LogP contribution is 2.36. The quantitative estimate of drug-likeness (QED) is 0.588. The van der Waals surface area contributed by atoms with Crippen LogP contribution >= 0.6 is 0 Å². The average Bonchev–Trinajstić information content (AvgIpc) is 2.50. The van der Waals surface area contributed by atoms with Gasteiger partial charge in [-0.1, -0.05) is 12.8 Å². The third kappa shape index (κ3) is 1.35. The number of aliphatic hydroxyl groups is 1. The van der Waals surface area contributed by atoms with Gasteiger partial charge in [0, 0.05) is 12.3 Å². The zero-order valence-electron chi connectivity index (χ0n) is 7.64. The maximum atomic E-state index is 9.05. The Bertz CT molecular complexity index is 233. The molecule has 2 fully saturated rings. The van der Waals surface area contributed by atoms with Crippen LogP contribution in [-0.4, -0.2) is 36.1 Å². The summed E-state index contributed by atoms with van der Waals surface area (Å²) in [5.41, 5.74) is 0. The summed E-state index contributed by atoms with van der Waals surface area (Å²) in [5, 5.41) is 9.05. The molecule has 5 atom stereocenters. The molecule has 2 aliphatic heterocycles. The van der Waals surface area contributed by atoms with Gasteiger partial charge in [0.15, 0.2) is 0 Å². The molecule has 0 unspecified atom stereocenters. The van der Waals surface area contributed by atoms with Crippen molar-refractivity contribution >= 4 is 0 Å². The SMILES string of the molecule is C#C[C@H]1O[C@@H]2C[C@H]1O[C@@H](CO)[C@@H]2C. The predicted molar refractivity (Wildman–Crippen MR) is 47.0 cm³/mol. The molecule has 0 aromatic rings. The van der Waals surface area contributed by atoms with Crippen LogP contribution in [0.2, 0.25) is 0 Å². The van der Waals surface area contributed by atoms with Crippen molar-refractivity contribution in [3.8, 4) is 12.3 Å². The van der Waals surface area contributed by atoms with E-state index in [1.807, 2.05) is 6.92 Å². The van der Waals surface area contributed by atoms with Crippen molar-refractivity contribution in [2.24, 2.45) is 5.92 Å². The summed E-state index contributed by atoms with van der Waals surface area (Å²) in [6, 6.07) is 0. The molecule has 72 valence electrons. The summed E-state index contributed by atoms with van der Waals surface area (Å²) in [6.07, 6.45) is 6.00. The molecule has 2 bridgehead atoms. The first-order chi connectivity index (χ1) is 6.26. The molecule has 3 heteroatoms. The molecule has 2 rings (SSSR count). The molecule has 0 aromatic heterocycles. The standard InChI is InChI=1S/C10H14O3/c1-3-7-9-4-8(12-7)6(2)10(5-11)13-9/h1,6-11H,4-5H2,2H3/t6-,7-,8-,9-,10+/m1/s1. The van der Waals surface area contributed by atoms with Crippen molar-refractivity contribution in [3.63, 3.8) is 0 Å². The molecule has 2 saturated heterocycles. The normalized spacial score (nSPS) is 48.8. The fourth-order valence-electron chi connectivity index (χ4n) is 2.09. The lowest BCUT2D eigenvalue weighted by Crippen LogP contribution is -2.40. The molecule has 0 radical (unpaired) electrons. The van der Waals surface area contributed by atoms with E-state index in [-0.39, 0.29) is 36.9 Å². The van der Waals surface area contributed by atoms with E-state index in [4.69, 9.17) is 21.0 Å². The van der Waals surface area contributed by atoms with Gasteiger partial charge in [0.1, 0.15) is 6.10 Å². The van der Waals surface area contributed by atoms with Gasteiger partial charge in [-0.3, -0.25) is 0 Å². The summed E-state index contributed by atoms with van der Waals surface area (Å²) < 4.78 is 11.2. The lowest BCUT2D eigenvalue weighted by Gasteiger charge is -2.31. The molecule has 1 N–H and O–H groups in total. The monoisotopic (exact) mass is 182 g/mol. The Balaban J connectivity index is 2.12. The highest BCUT2D eigenvalue weighted by atomic mass is 16.6. The van der Waals surface area contributed by atoms with E-state index in [0.717, 1.165) is 6.42 Å². The predicted octanol–water partition coefficient (Wildman–Crippen LogP) is 0.173. The molecule has 0 amide bonds. The van der Waals surface area contributed by atoms with E-state index in [9.17, 15) is 0 Å². The van der Waals surface area contributed by atoms with Gasteiger partial charge < -0.3 is 14.6 Å². The lowest BCUT2D eigenvalue weighted by molar-refractivity contribution is -0.0887. The summed E-state index contributed by atoms with van der Waals surface area (Å²) in [7, 11) is 0. The second-order valence-corrected chi connectivity index (χ2v) is 3.75. The number of fused-ring (bicyclic) bond motifs is 2. The zero-order chi connectivity index (χ0) is 9.42. The Morgan fingerprint density at radius 3 is 2.85 bits per heavy atom. The third-order valence-corrected chi connectivity index (χ3v) is 2.99. The van der Waals surface area contributed by atoms with Crippen LogP contribution in [0.25, 0.3) is 0 Å². The Kier molecular flexibility index (Phi) is 2.29. The Hall–Kier alpha value is -0.560. The Morgan fingerprint density at radius 2 is 2.23 bits per heavy atom. The van der Waals surface area contributed by atoms with Gasteiger partial charge in [-0.25, -0.2) is 0 Å². The maximum Gasteiger partial charge on any atom is 0.144 e. The molecule has 2 heterocycles. The average molecular weight is 182 g/mol. The van der Waals surface area contributed by atoms with E-state index < -0.39 is 0 Å². The summed E-state index contributed by atoms with van der Waals surface area (Å²) >= 11 is 0. The minimum absolute atomic E-state index is 0.0108. The minimum atomic E-state index is -0.219. The van der Waals surface area contributed by atoms with E-state index >= 15 is 0 Å². The second-order valence-electron chi connectivity index (χ2n) is 3.75. The highest BCUT2D eigenvalue weighted by Gasteiger charge is 2.46. The molecular formula is C10H14O3. The number of hydrogen-bond donors (Lipinski definition) is 1. The van der Waals surface area contributed by atoms with Crippen LogP contribution in [0.3, 0.4) is 0 Å². The summed E-state index contributed by atoms with van der Waals surface area (Å²) in [5.74, 6) is 2.81. The van der Waals surface area contributed by atoms with Gasteiger partial charge in [-0.15, -0.1) is 6.42 Å². The fourth-order valence-corrected chi connectivity index (χ4v) is 2.09. The molecule has 0 saturated carbocycles. The summed E-state index contributed by atoms with van der Waals surface area (Å²) in [6.45, 7) is 2.08. The molecule has 3 nitrogen and oxygen atoms in total. The molecule has 0 aromatic carbocycles. The van der Waals surface area contributed by atoms with E-state index in [2.05, 4.69) is 5.92 Å². The number of hydrogen-bond acceptors (Lipinski definition) is 3. The molecule has 2 aliphatic rings. The smallest absolute Gasteiger partial charge is 0.144 e. The van der Waals surface area contributed by atoms with E-state index in [1.54, 1.807) is 0 Å². The number of terminal acetylenes is 1. The Labute approximate surface area is 78.0 Å². The van der Waals surface area contributed by atoms with Gasteiger partial charge in [-0.2, -0.15) is 0 Å². The van der Waals surface area contributed by atoms with Crippen LogP contribution in [0.5, 0.6) is 0 Å². The first kappa shape index (κ1) is 9.01. The second kappa shape index (κ2) is 3.30. The highest BCUT2D eigenvalue weighted by molar-refractivity contribution is 5.07. The first-order valence-electron chi connectivity index (χ1n) is 4.64. The van der Waals surface area contributed by atoms with Crippen LogP contribution in [0, 0.1) is 18.3 Å². The summed E-state index contributed by atoms with van der Waals surface area (Å²) in [4.78, 5) is 0. The van der Waals surface area contributed by atoms with Crippen molar-refractivity contribution in [2.75, 3.05) is 6.61 Å². The van der Waals surface area contributed by atoms with Crippen LogP contribution < -0.4 is 0 Å². The van der Waals surface area contributed by atoms with Crippen molar-refractivity contribution in [1.82, 2.24) is 0 Å². The van der Waals surface area contributed by atoms with Crippen LogP contribution in [0.15, 0.2) is 0 Å². The molecular weight excluding hydrogens is 168 g/mol. The van der Waals surface area contributed by atoms with Gasteiger partial charge in [0.25, 0.3) is 0 Å². The number of ether oxygens (including phenoxy) is 2. The van der Waals surface area contributed by atoms with Gasteiger partial charge in [0.2, 0.25) is 0 Å². The molecule has 0 aliphatic carbocycles. The minimum Gasteiger partial charge on any atom is -0.394 e. The van der Waals surface area contributed by atoms with Crippen LogP contribution in [0.1, 0.15) is 13.3 Å².